The van der Waals surface area contributed by atoms with Crippen LogP contribution in [-0.4, -0.2) is 64.1 Å². The van der Waals surface area contributed by atoms with E-state index in [-0.39, 0.29) is 0 Å². The standard InChI is InChI=1S/C15H32N2O2/c1-14(2)12-15-13-17(7-4-6-16-15)8-11-19-10-5-9-18-3/h14-16H,4-13H2,1-3H3. The first kappa shape index (κ1) is 16.9. The van der Waals surface area contributed by atoms with Gasteiger partial charge >= 0.3 is 0 Å². The SMILES string of the molecule is COCCCOCCN1CCCNC(CC(C)C)C1. The van der Waals surface area contributed by atoms with Gasteiger partial charge in [-0.25, -0.2) is 0 Å². The summed E-state index contributed by atoms with van der Waals surface area (Å²) < 4.78 is 10.7. The minimum atomic E-state index is 0.649. The summed E-state index contributed by atoms with van der Waals surface area (Å²) in [5.41, 5.74) is 0. The van der Waals surface area contributed by atoms with Crippen LogP contribution in [0.5, 0.6) is 0 Å². The van der Waals surface area contributed by atoms with E-state index in [1.807, 2.05) is 0 Å². The third-order valence-corrected chi connectivity index (χ3v) is 3.51. The van der Waals surface area contributed by atoms with Crippen molar-refractivity contribution in [2.75, 3.05) is 53.1 Å². The maximum absolute atomic E-state index is 5.65. The number of hydrogen-bond acceptors (Lipinski definition) is 4. The number of nitrogens with one attached hydrogen (secondary N) is 1. The lowest BCUT2D eigenvalue weighted by Gasteiger charge is -2.25. The fourth-order valence-corrected chi connectivity index (χ4v) is 2.61. The molecule has 4 heteroatoms. The minimum absolute atomic E-state index is 0.649. The number of ether oxygens (including phenoxy) is 2. The van der Waals surface area contributed by atoms with Crippen LogP contribution in [0, 0.1) is 5.92 Å². The Morgan fingerprint density at radius 2 is 2.11 bits per heavy atom. The fraction of sp³-hybridized carbons (Fsp3) is 1.00. The third kappa shape index (κ3) is 8.58. The van der Waals surface area contributed by atoms with Crippen LogP contribution in [0.25, 0.3) is 0 Å². The van der Waals surface area contributed by atoms with Gasteiger partial charge in [-0.05, 0) is 38.3 Å². The lowest BCUT2D eigenvalue weighted by Crippen LogP contribution is -2.39. The van der Waals surface area contributed by atoms with Crippen LogP contribution in [0.4, 0.5) is 0 Å². The first-order valence-corrected chi connectivity index (χ1v) is 7.74. The van der Waals surface area contributed by atoms with E-state index in [4.69, 9.17) is 9.47 Å². The largest absolute Gasteiger partial charge is 0.385 e. The lowest BCUT2D eigenvalue weighted by molar-refractivity contribution is 0.0828. The van der Waals surface area contributed by atoms with Gasteiger partial charge in [0.05, 0.1) is 6.61 Å². The van der Waals surface area contributed by atoms with Crippen LogP contribution in [0.15, 0.2) is 0 Å². The molecule has 0 bridgehead atoms. The molecule has 1 unspecified atom stereocenters. The first-order chi connectivity index (χ1) is 9.22. The topological polar surface area (TPSA) is 33.7 Å². The van der Waals surface area contributed by atoms with Crippen molar-refractivity contribution in [2.45, 2.75) is 39.2 Å². The molecule has 0 radical (unpaired) electrons. The molecule has 0 aromatic rings. The number of rotatable bonds is 9. The number of nitrogens with zero attached hydrogens (tertiary/aromatic N) is 1. The van der Waals surface area contributed by atoms with Gasteiger partial charge < -0.3 is 14.8 Å². The van der Waals surface area contributed by atoms with Gasteiger partial charge in [0.25, 0.3) is 0 Å². The van der Waals surface area contributed by atoms with Gasteiger partial charge in [-0.1, -0.05) is 13.8 Å². The Kier molecular flexibility index (Phi) is 9.43. The normalized spacial score (nSPS) is 21.8. The van der Waals surface area contributed by atoms with Crippen LogP contribution in [0.3, 0.4) is 0 Å². The van der Waals surface area contributed by atoms with Crippen molar-refractivity contribution in [1.82, 2.24) is 10.2 Å². The van der Waals surface area contributed by atoms with Gasteiger partial charge in [0, 0.05) is 39.5 Å². The zero-order chi connectivity index (χ0) is 13.9. The molecular formula is C15H32N2O2. The quantitative estimate of drug-likeness (QED) is 0.648. The molecule has 1 heterocycles. The monoisotopic (exact) mass is 272 g/mol. The molecule has 0 aliphatic carbocycles. The van der Waals surface area contributed by atoms with E-state index in [2.05, 4.69) is 24.1 Å². The van der Waals surface area contributed by atoms with Crippen molar-refractivity contribution in [3.8, 4) is 0 Å². The highest BCUT2D eigenvalue weighted by molar-refractivity contribution is 4.77. The average molecular weight is 272 g/mol. The van der Waals surface area contributed by atoms with Gasteiger partial charge in [-0.15, -0.1) is 0 Å². The highest BCUT2D eigenvalue weighted by Gasteiger charge is 2.18. The maximum Gasteiger partial charge on any atom is 0.0593 e. The lowest BCUT2D eigenvalue weighted by atomic mass is 10.0. The highest BCUT2D eigenvalue weighted by atomic mass is 16.5. The molecule has 1 rings (SSSR count). The molecule has 4 nitrogen and oxygen atoms in total. The van der Waals surface area contributed by atoms with Crippen molar-refractivity contribution in [1.29, 1.82) is 0 Å². The molecule has 0 aromatic carbocycles. The van der Waals surface area contributed by atoms with Gasteiger partial charge in [0.15, 0.2) is 0 Å². The predicted octanol–water partition coefficient (Wildman–Crippen LogP) is 1.75. The summed E-state index contributed by atoms with van der Waals surface area (Å²) in [7, 11) is 1.74. The summed E-state index contributed by atoms with van der Waals surface area (Å²) in [5.74, 6) is 0.766. The molecule has 1 aliphatic heterocycles. The fourth-order valence-electron chi connectivity index (χ4n) is 2.61. The van der Waals surface area contributed by atoms with E-state index in [9.17, 15) is 0 Å². The zero-order valence-corrected chi connectivity index (χ0v) is 13.0. The molecule has 0 amide bonds. The molecule has 0 saturated carbocycles. The van der Waals surface area contributed by atoms with Crippen molar-refractivity contribution in [3.63, 3.8) is 0 Å². The van der Waals surface area contributed by atoms with E-state index >= 15 is 0 Å². The van der Waals surface area contributed by atoms with Gasteiger partial charge in [-0.3, -0.25) is 4.90 Å². The Morgan fingerprint density at radius 3 is 2.84 bits per heavy atom. The van der Waals surface area contributed by atoms with E-state index in [1.54, 1.807) is 7.11 Å². The van der Waals surface area contributed by atoms with E-state index in [0.29, 0.717) is 6.04 Å². The summed E-state index contributed by atoms with van der Waals surface area (Å²) in [6.45, 7) is 11.6. The Balaban J connectivity index is 2.13. The molecule has 114 valence electrons. The van der Waals surface area contributed by atoms with Gasteiger partial charge in [0.1, 0.15) is 0 Å². The Hall–Kier alpha value is -0.160. The Bertz CT molecular complexity index is 212. The molecule has 1 fully saturated rings. The minimum Gasteiger partial charge on any atom is -0.385 e. The Morgan fingerprint density at radius 1 is 1.26 bits per heavy atom. The molecule has 1 aliphatic rings. The molecular weight excluding hydrogens is 240 g/mol. The number of methoxy groups -OCH3 is 1. The van der Waals surface area contributed by atoms with E-state index < -0.39 is 0 Å². The number of hydrogen-bond donors (Lipinski definition) is 1. The predicted molar refractivity (Wildman–Crippen MR) is 79.6 cm³/mol. The first-order valence-electron chi connectivity index (χ1n) is 7.74. The molecule has 1 saturated heterocycles. The maximum atomic E-state index is 5.65. The van der Waals surface area contributed by atoms with Crippen molar-refractivity contribution in [2.24, 2.45) is 5.92 Å². The van der Waals surface area contributed by atoms with E-state index in [1.165, 1.54) is 25.9 Å². The molecule has 0 spiro atoms. The molecule has 1 atom stereocenters. The second kappa shape index (κ2) is 10.6. The second-order valence-electron chi connectivity index (χ2n) is 5.89. The summed E-state index contributed by atoms with van der Waals surface area (Å²) >= 11 is 0. The molecule has 19 heavy (non-hydrogen) atoms. The molecule has 0 aromatic heterocycles. The second-order valence-corrected chi connectivity index (χ2v) is 5.89. The molecule has 1 N–H and O–H groups in total. The summed E-state index contributed by atoms with van der Waals surface area (Å²) in [4.78, 5) is 2.55. The summed E-state index contributed by atoms with van der Waals surface area (Å²) in [6, 6.07) is 0.649. The van der Waals surface area contributed by atoms with Crippen LogP contribution < -0.4 is 5.32 Å². The zero-order valence-electron chi connectivity index (χ0n) is 13.0. The summed E-state index contributed by atoms with van der Waals surface area (Å²) in [6.07, 6.45) is 3.51. The van der Waals surface area contributed by atoms with E-state index in [0.717, 1.165) is 45.2 Å². The smallest absolute Gasteiger partial charge is 0.0593 e. The van der Waals surface area contributed by atoms with Gasteiger partial charge in [0.2, 0.25) is 0 Å². The van der Waals surface area contributed by atoms with Crippen molar-refractivity contribution >= 4 is 0 Å². The highest BCUT2D eigenvalue weighted by Crippen LogP contribution is 2.09. The van der Waals surface area contributed by atoms with Crippen LogP contribution in [-0.2, 0) is 9.47 Å². The van der Waals surface area contributed by atoms with Crippen LogP contribution in [0.1, 0.15) is 33.1 Å². The van der Waals surface area contributed by atoms with Crippen LogP contribution >= 0.6 is 0 Å². The van der Waals surface area contributed by atoms with Crippen molar-refractivity contribution in [3.05, 3.63) is 0 Å². The van der Waals surface area contributed by atoms with Crippen LogP contribution in [0.2, 0.25) is 0 Å². The average Bonchev–Trinajstić information content (AvgIpc) is 2.58. The Labute approximate surface area is 118 Å². The van der Waals surface area contributed by atoms with Gasteiger partial charge in [-0.2, -0.15) is 0 Å². The summed E-state index contributed by atoms with van der Waals surface area (Å²) in [5, 5.41) is 3.66. The van der Waals surface area contributed by atoms with Crippen molar-refractivity contribution < 1.29 is 9.47 Å². The third-order valence-electron chi connectivity index (χ3n) is 3.51.